The van der Waals surface area contributed by atoms with Gasteiger partial charge in [-0.15, -0.1) is 0 Å². The van der Waals surface area contributed by atoms with Crippen LogP contribution in [0.25, 0.3) is 0 Å². The molecule has 0 spiro atoms. The van der Waals surface area contributed by atoms with Gasteiger partial charge >= 0.3 is 0 Å². The molecule has 2 rings (SSSR count). The second-order valence-electron chi connectivity index (χ2n) is 4.56. The van der Waals surface area contributed by atoms with Gasteiger partial charge in [0.1, 0.15) is 0 Å². The SMILES string of the molecule is CCNc1ncc(C)c(Oc2cnn(C(C)C)c2)n1. The maximum atomic E-state index is 5.75. The number of ether oxygens (including phenoxy) is 1. The second-order valence-corrected chi connectivity index (χ2v) is 4.56. The van der Waals surface area contributed by atoms with Crippen LogP contribution in [0.5, 0.6) is 11.6 Å². The maximum absolute atomic E-state index is 5.75. The summed E-state index contributed by atoms with van der Waals surface area (Å²) in [6.45, 7) is 8.81. The molecular weight excluding hydrogens is 242 g/mol. The average molecular weight is 261 g/mol. The van der Waals surface area contributed by atoms with Crippen molar-refractivity contribution in [1.29, 1.82) is 0 Å². The molecular formula is C13H19N5O. The highest BCUT2D eigenvalue weighted by Gasteiger charge is 2.08. The van der Waals surface area contributed by atoms with Crippen molar-refractivity contribution in [3.05, 3.63) is 24.2 Å². The van der Waals surface area contributed by atoms with E-state index in [0.29, 0.717) is 23.6 Å². The third-order valence-electron chi connectivity index (χ3n) is 2.58. The van der Waals surface area contributed by atoms with Gasteiger partial charge < -0.3 is 10.1 Å². The van der Waals surface area contributed by atoms with Crippen molar-refractivity contribution in [2.24, 2.45) is 0 Å². The van der Waals surface area contributed by atoms with E-state index in [4.69, 9.17) is 4.74 Å². The Morgan fingerprint density at radius 1 is 1.37 bits per heavy atom. The van der Waals surface area contributed by atoms with Crippen LogP contribution in [0.2, 0.25) is 0 Å². The molecule has 0 radical (unpaired) electrons. The van der Waals surface area contributed by atoms with E-state index < -0.39 is 0 Å². The van der Waals surface area contributed by atoms with Crippen LogP contribution in [0.1, 0.15) is 32.4 Å². The van der Waals surface area contributed by atoms with Crippen LogP contribution in [0.15, 0.2) is 18.6 Å². The minimum atomic E-state index is 0.307. The minimum Gasteiger partial charge on any atom is -0.435 e. The summed E-state index contributed by atoms with van der Waals surface area (Å²) in [5, 5.41) is 7.29. The summed E-state index contributed by atoms with van der Waals surface area (Å²) in [5.74, 6) is 1.80. The van der Waals surface area contributed by atoms with Crippen LogP contribution in [-0.4, -0.2) is 26.3 Å². The molecule has 0 amide bonds. The smallest absolute Gasteiger partial charge is 0.227 e. The van der Waals surface area contributed by atoms with Crippen molar-refractivity contribution in [3.8, 4) is 11.6 Å². The summed E-state index contributed by atoms with van der Waals surface area (Å²) >= 11 is 0. The Bertz CT molecular complexity index is 550. The Labute approximate surface area is 112 Å². The highest BCUT2D eigenvalue weighted by molar-refractivity contribution is 5.34. The molecule has 102 valence electrons. The van der Waals surface area contributed by atoms with E-state index >= 15 is 0 Å². The Morgan fingerprint density at radius 2 is 2.16 bits per heavy atom. The molecule has 0 unspecified atom stereocenters. The van der Waals surface area contributed by atoms with Crippen LogP contribution >= 0.6 is 0 Å². The van der Waals surface area contributed by atoms with Crippen LogP contribution in [0.4, 0.5) is 5.95 Å². The van der Waals surface area contributed by atoms with Crippen molar-refractivity contribution in [2.45, 2.75) is 33.7 Å². The van der Waals surface area contributed by atoms with E-state index in [1.54, 1.807) is 12.4 Å². The lowest BCUT2D eigenvalue weighted by molar-refractivity contribution is 0.454. The second kappa shape index (κ2) is 5.69. The summed E-state index contributed by atoms with van der Waals surface area (Å²) in [4.78, 5) is 8.51. The lowest BCUT2D eigenvalue weighted by Gasteiger charge is -2.08. The van der Waals surface area contributed by atoms with Crippen molar-refractivity contribution < 1.29 is 4.74 Å². The fraction of sp³-hybridized carbons (Fsp3) is 0.462. The first-order valence-electron chi connectivity index (χ1n) is 6.39. The molecule has 1 N–H and O–H groups in total. The average Bonchev–Trinajstić information content (AvgIpc) is 2.82. The number of aromatic nitrogens is 4. The summed E-state index contributed by atoms with van der Waals surface area (Å²) < 4.78 is 7.60. The molecule has 6 heteroatoms. The van der Waals surface area contributed by atoms with Gasteiger partial charge in [0.25, 0.3) is 0 Å². The van der Waals surface area contributed by atoms with E-state index in [-0.39, 0.29) is 0 Å². The molecule has 2 aromatic heterocycles. The molecule has 6 nitrogen and oxygen atoms in total. The molecule has 0 aromatic carbocycles. The number of hydrogen-bond donors (Lipinski definition) is 1. The van der Waals surface area contributed by atoms with E-state index in [2.05, 4.69) is 34.2 Å². The molecule has 2 aromatic rings. The van der Waals surface area contributed by atoms with Gasteiger partial charge in [-0.2, -0.15) is 10.1 Å². The van der Waals surface area contributed by atoms with E-state index in [0.717, 1.165) is 12.1 Å². The highest BCUT2D eigenvalue weighted by atomic mass is 16.5. The highest BCUT2D eigenvalue weighted by Crippen LogP contribution is 2.23. The third-order valence-corrected chi connectivity index (χ3v) is 2.58. The fourth-order valence-electron chi connectivity index (χ4n) is 1.54. The number of anilines is 1. The Hall–Kier alpha value is -2.11. The summed E-state index contributed by atoms with van der Waals surface area (Å²) in [6, 6.07) is 0.307. The number of aryl methyl sites for hydroxylation is 1. The van der Waals surface area contributed by atoms with Gasteiger partial charge in [0.05, 0.1) is 12.4 Å². The van der Waals surface area contributed by atoms with Crippen molar-refractivity contribution in [1.82, 2.24) is 19.7 Å². The molecule has 0 saturated heterocycles. The Balaban J connectivity index is 2.19. The van der Waals surface area contributed by atoms with Crippen LogP contribution < -0.4 is 10.1 Å². The van der Waals surface area contributed by atoms with E-state index in [1.807, 2.05) is 24.7 Å². The van der Waals surface area contributed by atoms with Gasteiger partial charge in [-0.25, -0.2) is 4.98 Å². The zero-order chi connectivity index (χ0) is 13.8. The predicted octanol–water partition coefficient (Wildman–Crippen LogP) is 2.79. The quantitative estimate of drug-likeness (QED) is 0.896. The molecule has 0 fully saturated rings. The first-order chi connectivity index (χ1) is 9.10. The zero-order valence-corrected chi connectivity index (χ0v) is 11.7. The lowest BCUT2D eigenvalue weighted by Crippen LogP contribution is -2.03. The van der Waals surface area contributed by atoms with Crippen LogP contribution in [0, 0.1) is 6.92 Å². The van der Waals surface area contributed by atoms with Gasteiger partial charge in [-0.05, 0) is 27.7 Å². The monoisotopic (exact) mass is 261 g/mol. The molecule has 0 aliphatic rings. The molecule has 0 aliphatic heterocycles. The summed E-state index contributed by atoms with van der Waals surface area (Å²) in [7, 11) is 0. The standard InChI is InChI=1S/C13H19N5O/c1-5-14-13-15-6-10(4)12(17-13)19-11-7-16-18(8-11)9(2)3/h6-9H,5H2,1-4H3,(H,14,15,17). The summed E-state index contributed by atoms with van der Waals surface area (Å²) in [5.41, 5.74) is 0.888. The van der Waals surface area contributed by atoms with Crippen LogP contribution in [-0.2, 0) is 0 Å². The topological polar surface area (TPSA) is 64.9 Å². The normalized spacial score (nSPS) is 10.8. The first-order valence-corrected chi connectivity index (χ1v) is 6.39. The Kier molecular flexibility index (Phi) is 3.99. The molecule has 19 heavy (non-hydrogen) atoms. The number of nitrogens with one attached hydrogen (secondary N) is 1. The first kappa shape index (κ1) is 13.3. The predicted molar refractivity (Wildman–Crippen MR) is 73.6 cm³/mol. The third kappa shape index (κ3) is 3.21. The summed E-state index contributed by atoms with van der Waals surface area (Å²) in [6.07, 6.45) is 5.29. The fourth-order valence-corrected chi connectivity index (χ4v) is 1.54. The van der Waals surface area contributed by atoms with Crippen molar-refractivity contribution in [3.63, 3.8) is 0 Å². The molecule has 2 heterocycles. The van der Waals surface area contributed by atoms with Gasteiger partial charge in [-0.3, -0.25) is 4.68 Å². The van der Waals surface area contributed by atoms with E-state index in [1.165, 1.54) is 0 Å². The minimum absolute atomic E-state index is 0.307. The van der Waals surface area contributed by atoms with Crippen LogP contribution in [0.3, 0.4) is 0 Å². The largest absolute Gasteiger partial charge is 0.435 e. The number of nitrogens with zero attached hydrogens (tertiary/aromatic N) is 4. The Morgan fingerprint density at radius 3 is 2.79 bits per heavy atom. The molecule has 0 saturated carbocycles. The maximum Gasteiger partial charge on any atom is 0.227 e. The van der Waals surface area contributed by atoms with Gasteiger partial charge in [-0.1, -0.05) is 0 Å². The number of rotatable bonds is 5. The molecule has 0 aliphatic carbocycles. The molecule has 0 atom stereocenters. The lowest BCUT2D eigenvalue weighted by atomic mass is 10.4. The van der Waals surface area contributed by atoms with Crippen molar-refractivity contribution >= 4 is 5.95 Å². The van der Waals surface area contributed by atoms with Crippen molar-refractivity contribution in [2.75, 3.05) is 11.9 Å². The number of hydrogen-bond acceptors (Lipinski definition) is 5. The van der Waals surface area contributed by atoms with Gasteiger partial charge in [0, 0.05) is 24.3 Å². The van der Waals surface area contributed by atoms with Gasteiger partial charge in [0.15, 0.2) is 5.75 Å². The zero-order valence-electron chi connectivity index (χ0n) is 11.7. The molecule has 0 bridgehead atoms. The van der Waals surface area contributed by atoms with E-state index in [9.17, 15) is 0 Å². The van der Waals surface area contributed by atoms with Gasteiger partial charge in [0.2, 0.25) is 11.8 Å².